The molecule has 0 saturated heterocycles. The molecule has 0 spiro atoms. The zero-order valence-electron chi connectivity index (χ0n) is 25.9. The van der Waals surface area contributed by atoms with Crippen molar-refractivity contribution >= 4 is 86.2 Å². The molecule has 5 heterocycles. The standard InChI is InChI=1S/C42H24N6S/c1-3-13-25(14-4-1)37-27-17-7-10-20-30(27)45-42(46-37)48-32-22-12-9-19-29(32)35-39-34(36-38-33(23-43-24-44-38)49-41(36)40(35)48)28-18-8-11-21-31(28)47(39)26-15-5-2-6-16-26/h1-24H. The number of hydrogen-bond donors (Lipinski definition) is 0. The highest BCUT2D eigenvalue weighted by Gasteiger charge is 2.28. The van der Waals surface area contributed by atoms with E-state index in [-0.39, 0.29) is 0 Å². The van der Waals surface area contributed by atoms with Gasteiger partial charge >= 0.3 is 0 Å². The largest absolute Gasteiger partial charge is 0.309 e. The maximum Gasteiger partial charge on any atom is 0.235 e. The first kappa shape index (κ1) is 26.6. The molecule has 0 aliphatic heterocycles. The van der Waals surface area contributed by atoms with E-state index in [1.807, 2.05) is 18.3 Å². The molecule has 0 bridgehead atoms. The molecule has 5 aromatic heterocycles. The lowest BCUT2D eigenvalue weighted by Gasteiger charge is -2.13. The summed E-state index contributed by atoms with van der Waals surface area (Å²) in [5, 5.41) is 6.84. The second-order valence-electron chi connectivity index (χ2n) is 12.3. The maximum absolute atomic E-state index is 5.40. The molecule has 11 rings (SSSR count). The van der Waals surface area contributed by atoms with Crippen molar-refractivity contribution < 1.29 is 0 Å². The van der Waals surface area contributed by atoms with E-state index in [4.69, 9.17) is 15.0 Å². The van der Waals surface area contributed by atoms with Gasteiger partial charge < -0.3 is 4.57 Å². The number of hydrogen-bond acceptors (Lipinski definition) is 5. The van der Waals surface area contributed by atoms with Gasteiger partial charge in [-0.1, -0.05) is 103 Å². The minimum absolute atomic E-state index is 0.635. The smallest absolute Gasteiger partial charge is 0.235 e. The van der Waals surface area contributed by atoms with Crippen LogP contribution >= 0.6 is 11.3 Å². The Bertz CT molecular complexity index is 3100. The molecular formula is C42H24N6S. The number of rotatable bonds is 3. The summed E-state index contributed by atoms with van der Waals surface area (Å²) >= 11 is 1.74. The predicted octanol–water partition coefficient (Wildman–Crippen LogP) is 10.6. The quantitative estimate of drug-likeness (QED) is 0.192. The van der Waals surface area contributed by atoms with Gasteiger partial charge in [0, 0.05) is 49.8 Å². The molecule has 228 valence electrons. The summed E-state index contributed by atoms with van der Waals surface area (Å²) in [4.78, 5) is 20.1. The molecular weight excluding hydrogens is 621 g/mol. The molecule has 0 radical (unpaired) electrons. The van der Waals surface area contributed by atoms with Crippen LogP contribution in [0.15, 0.2) is 146 Å². The van der Waals surface area contributed by atoms with E-state index in [2.05, 4.69) is 135 Å². The minimum Gasteiger partial charge on any atom is -0.309 e. The Hall–Kier alpha value is -6.44. The summed E-state index contributed by atoms with van der Waals surface area (Å²) < 4.78 is 6.89. The van der Waals surface area contributed by atoms with Crippen LogP contribution in [0.2, 0.25) is 0 Å². The normalized spacial score (nSPS) is 12.1. The maximum atomic E-state index is 5.40. The van der Waals surface area contributed by atoms with Crippen molar-refractivity contribution in [2.24, 2.45) is 0 Å². The van der Waals surface area contributed by atoms with Crippen molar-refractivity contribution in [3.05, 3.63) is 146 Å². The fraction of sp³-hybridized carbons (Fsp3) is 0. The van der Waals surface area contributed by atoms with Gasteiger partial charge in [-0.3, -0.25) is 4.57 Å². The Labute approximate surface area is 283 Å². The first-order valence-electron chi connectivity index (χ1n) is 16.2. The average molecular weight is 645 g/mol. The molecule has 0 N–H and O–H groups in total. The van der Waals surface area contributed by atoms with Crippen molar-refractivity contribution in [2.75, 3.05) is 0 Å². The van der Waals surface area contributed by atoms with Crippen LogP contribution in [0.5, 0.6) is 0 Å². The van der Waals surface area contributed by atoms with E-state index < -0.39 is 0 Å². The summed E-state index contributed by atoms with van der Waals surface area (Å²) in [6.45, 7) is 0. The molecule has 0 aliphatic carbocycles. The zero-order chi connectivity index (χ0) is 32.1. The number of benzene rings is 6. The monoisotopic (exact) mass is 644 g/mol. The van der Waals surface area contributed by atoms with Gasteiger partial charge in [0.05, 0.1) is 48.2 Å². The number of fused-ring (bicyclic) bond motifs is 13. The number of aromatic nitrogens is 6. The third-order valence-electron chi connectivity index (χ3n) is 9.66. The second-order valence-corrected chi connectivity index (χ2v) is 13.3. The van der Waals surface area contributed by atoms with Gasteiger partial charge in [0.1, 0.15) is 6.33 Å². The lowest BCUT2D eigenvalue weighted by molar-refractivity contribution is 1.02. The second kappa shape index (κ2) is 10.0. The Morgan fingerprint density at radius 3 is 1.98 bits per heavy atom. The fourth-order valence-corrected chi connectivity index (χ4v) is 8.88. The first-order valence-corrected chi connectivity index (χ1v) is 17.1. The Morgan fingerprint density at radius 1 is 0.531 bits per heavy atom. The number of thiophene rings is 1. The van der Waals surface area contributed by atoms with E-state index in [0.29, 0.717) is 5.95 Å². The van der Waals surface area contributed by atoms with Gasteiger partial charge in [0.2, 0.25) is 5.95 Å². The van der Waals surface area contributed by atoms with Crippen LogP contribution in [0.4, 0.5) is 0 Å². The van der Waals surface area contributed by atoms with Gasteiger partial charge in [-0.05, 0) is 30.3 Å². The molecule has 6 nitrogen and oxygen atoms in total. The molecule has 6 aromatic carbocycles. The Kier molecular flexibility index (Phi) is 5.45. The highest BCUT2D eigenvalue weighted by atomic mass is 32.1. The summed E-state index contributed by atoms with van der Waals surface area (Å²) in [7, 11) is 0. The minimum atomic E-state index is 0.635. The summed E-state index contributed by atoms with van der Waals surface area (Å²) in [5.74, 6) is 0.635. The van der Waals surface area contributed by atoms with Crippen molar-refractivity contribution in [1.29, 1.82) is 0 Å². The summed E-state index contributed by atoms with van der Waals surface area (Å²) in [6, 6.07) is 46.7. The molecule has 0 atom stereocenters. The predicted molar refractivity (Wildman–Crippen MR) is 202 cm³/mol. The Morgan fingerprint density at radius 2 is 1.18 bits per heavy atom. The van der Waals surface area contributed by atoms with Crippen LogP contribution in [0.1, 0.15) is 0 Å². The molecule has 0 fully saturated rings. The van der Waals surface area contributed by atoms with Crippen molar-refractivity contribution in [3.63, 3.8) is 0 Å². The third kappa shape index (κ3) is 3.65. The summed E-state index contributed by atoms with van der Waals surface area (Å²) in [6.07, 6.45) is 3.60. The van der Waals surface area contributed by atoms with Gasteiger partial charge in [-0.2, -0.15) is 0 Å². The van der Waals surface area contributed by atoms with Crippen LogP contribution in [-0.2, 0) is 0 Å². The molecule has 49 heavy (non-hydrogen) atoms. The van der Waals surface area contributed by atoms with Crippen LogP contribution in [0.3, 0.4) is 0 Å². The fourth-order valence-electron chi connectivity index (χ4n) is 7.70. The van der Waals surface area contributed by atoms with Gasteiger partial charge in [0.25, 0.3) is 0 Å². The molecule has 0 amide bonds. The van der Waals surface area contributed by atoms with E-state index in [0.717, 1.165) is 81.0 Å². The van der Waals surface area contributed by atoms with E-state index >= 15 is 0 Å². The summed E-state index contributed by atoms with van der Waals surface area (Å²) in [5.41, 5.74) is 9.34. The van der Waals surface area contributed by atoms with Crippen molar-refractivity contribution in [3.8, 4) is 22.9 Å². The molecule has 0 saturated carbocycles. The molecule has 0 unspecified atom stereocenters. The van der Waals surface area contributed by atoms with Crippen LogP contribution in [-0.4, -0.2) is 29.1 Å². The van der Waals surface area contributed by atoms with Gasteiger partial charge in [-0.25, -0.2) is 19.9 Å². The van der Waals surface area contributed by atoms with E-state index in [1.54, 1.807) is 17.7 Å². The SMILES string of the molecule is c1ccc(-c2nc(-n3c4ccccc4c4c3c3sc5cncnc5c3c3c5ccccc5n(-c5ccccc5)c34)nc3ccccc23)cc1. The highest BCUT2D eigenvalue weighted by molar-refractivity contribution is 7.26. The van der Waals surface area contributed by atoms with Crippen molar-refractivity contribution in [1.82, 2.24) is 29.1 Å². The van der Waals surface area contributed by atoms with Crippen LogP contribution < -0.4 is 0 Å². The molecule has 7 heteroatoms. The third-order valence-corrected chi connectivity index (χ3v) is 10.8. The Balaban J connectivity index is 1.43. The van der Waals surface area contributed by atoms with E-state index in [1.165, 1.54) is 10.8 Å². The topological polar surface area (TPSA) is 61.4 Å². The highest BCUT2D eigenvalue weighted by Crippen LogP contribution is 2.50. The van der Waals surface area contributed by atoms with E-state index in [9.17, 15) is 0 Å². The average Bonchev–Trinajstić information content (AvgIpc) is 3.83. The van der Waals surface area contributed by atoms with Crippen LogP contribution in [0, 0.1) is 0 Å². The number of nitrogens with zero attached hydrogens (tertiary/aromatic N) is 6. The van der Waals surface area contributed by atoms with Gasteiger partial charge in [0.15, 0.2) is 0 Å². The first-order chi connectivity index (χ1) is 24.3. The van der Waals surface area contributed by atoms with Crippen LogP contribution in [0.25, 0.3) is 97.7 Å². The lowest BCUT2D eigenvalue weighted by atomic mass is 10.0. The van der Waals surface area contributed by atoms with Crippen molar-refractivity contribution in [2.45, 2.75) is 0 Å². The zero-order valence-corrected chi connectivity index (χ0v) is 26.8. The molecule has 0 aliphatic rings. The van der Waals surface area contributed by atoms with Gasteiger partial charge in [-0.15, -0.1) is 11.3 Å². The number of para-hydroxylation sites is 4. The lowest BCUT2D eigenvalue weighted by Crippen LogP contribution is -2.03. The molecule has 11 aromatic rings.